The number of carbonyl (C=O) groups excluding carboxylic acids is 1. The van der Waals surface area contributed by atoms with Gasteiger partial charge in [0.15, 0.2) is 0 Å². The molecule has 1 rings (SSSR count). The smallest absolute Gasteiger partial charge is 0.457 e. The van der Waals surface area contributed by atoms with Gasteiger partial charge in [-0.2, -0.15) is 9.13 Å². The lowest BCUT2D eigenvalue weighted by molar-refractivity contribution is -0.709. The number of methoxy groups -OCH3 is 1. The van der Waals surface area contributed by atoms with E-state index in [1.807, 2.05) is 13.8 Å². The average molecular weight is 283 g/mol. The minimum atomic E-state index is -0.615. The summed E-state index contributed by atoms with van der Waals surface area (Å²) in [6.07, 6.45) is 3.42. The molecule has 1 N–H and O–H groups in total. The van der Waals surface area contributed by atoms with Gasteiger partial charge in [-0.1, -0.05) is 26.7 Å². The van der Waals surface area contributed by atoms with E-state index >= 15 is 0 Å². The highest BCUT2D eigenvalue weighted by molar-refractivity contribution is 5.85. The molecule has 1 aromatic rings. The number of ether oxygens (including phenoxy) is 1. The lowest BCUT2D eigenvalue weighted by Gasteiger charge is -2.09. The van der Waals surface area contributed by atoms with Crippen LogP contribution >= 0.6 is 0 Å². The predicted octanol–water partition coefficient (Wildman–Crippen LogP) is 1.23. The van der Waals surface area contributed by atoms with Crippen molar-refractivity contribution in [3.63, 3.8) is 0 Å². The Morgan fingerprint density at radius 3 is 2.55 bits per heavy atom. The first-order chi connectivity index (χ1) is 9.56. The molecule has 0 spiro atoms. The van der Waals surface area contributed by atoms with Crippen LogP contribution in [0.2, 0.25) is 0 Å². The molecular formula is C14H23N2O4+. The van der Waals surface area contributed by atoms with Crippen LogP contribution < -0.4 is 10.1 Å². The minimum absolute atomic E-state index is 0.0937. The van der Waals surface area contributed by atoms with Gasteiger partial charge in [-0.15, -0.1) is 0 Å². The maximum atomic E-state index is 12.0. The van der Waals surface area contributed by atoms with Crippen molar-refractivity contribution in [3.05, 3.63) is 22.1 Å². The maximum Gasteiger partial charge on any atom is 0.457 e. The fourth-order valence-corrected chi connectivity index (χ4v) is 1.96. The van der Waals surface area contributed by atoms with Crippen molar-refractivity contribution in [1.29, 1.82) is 0 Å². The van der Waals surface area contributed by atoms with E-state index in [0.29, 0.717) is 13.1 Å². The standard InChI is InChI=1S/C14H22N2O4/c1-4-6-8-15-11(13(18)20-3)10-12(17)16(14(15)19)9-7-5-2/h10H,4-9H2,1-3H3/p+1. The molecule has 1 aromatic heterocycles. The Morgan fingerprint density at radius 2 is 2.00 bits per heavy atom. The van der Waals surface area contributed by atoms with E-state index in [1.165, 1.54) is 22.3 Å². The fraction of sp³-hybridized carbons (Fsp3) is 0.643. The molecule has 6 nitrogen and oxygen atoms in total. The summed E-state index contributed by atoms with van der Waals surface area (Å²) in [7, 11) is 1.26. The number of aromatic nitrogens is 2. The van der Waals surface area contributed by atoms with Gasteiger partial charge in [-0.3, -0.25) is 0 Å². The number of rotatable bonds is 7. The third-order valence-corrected chi connectivity index (χ3v) is 3.16. The summed E-state index contributed by atoms with van der Waals surface area (Å²) in [4.78, 5) is 23.7. The number of hydrogen-bond donors (Lipinski definition) is 1. The van der Waals surface area contributed by atoms with Crippen molar-refractivity contribution in [2.45, 2.75) is 52.6 Å². The first kappa shape index (κ1) is 16.2. The molecule has 1 heterocycles. The van der Waals surface area contributed by atoms with Crippen LogP contribution in [-0.4, -0.2) is 22.8 Å². The van der Waals surface area contributed by atoms with Crippen LogP contribution in [0.1, 0.15) is 50.0 Å². The summed E-state index contributed by atoms with van der Waals surface area (Å²) in [5.41, 5.74) is -0.291. The van der Waals surface area contributed by atoms with Gasteiger partial charge >= 0.3 is 17.5 Å². The molecule has 112 valence electrons. The van der Waals surface area contributed by atoms with Crippen molar-refractivity contribution < 1.29 is 19.2 Å². The zero-order valence-electron chi connectivity index (χ0n) is 12.4. The highest BCUT2D eigenvalue weighted by Crippen LogP contribution is 2.06. The number of nitrogens with zero attached hydrogens (tertiary/aromatic N) is 2. The highest BCUT2D eigenvalue weighted by Gasteiger charge is 2.26. The molecule has 0 radical (unpaired) electrons. The summed E-state index contributed by atoms with van der Waals surface area (Å²) in [5.74, 6) is -0.615. The molecule has 0 aliphatic heterocycles. The first-order valence-corrected chi connectivity index (χ1v) is 7.01. The third kappa shape index (κ3) is 3.59. The quantitative estimate of drug-likeness (QED) is 0.603. The van der Waals surface area contributed by atoms with Gasteiger partial charge in [0.2, 0.25) is 5.69 Å². The molecule has 0 amide bonds. The van der Waals surface area contributed by atoms with Gasteiger partial charge in [-0.25, -0.2) is 9.59 Å². The first-order valence-electron chi connectivity index (χ1n) is 7.01. The lowest BCUT2D eigenvalue weighted by atomic mass is 10.3. The second-order valence-corrected chi connectivity index (χ2v) is 4.67. The van der Waals surface area contributed by atoms with Crippen molar-refractivity contribution >= 4 is 5.97 Å². The Labute approximate surface area is 118 Å². The Bertz CT molecular complexity index is 523. The lowest BCUT2D eigenvalue weighted by Crippen LogP contribution is -2.46. The van der Waals surface area contributed by atoms with Crippen LogP contribution in [0.25, 0.3) is 0 Å². The van der Waals surface area contributed by atoms with Crippen LogP contribution in [0.5, 0.6) is 6.01 Å². The third-order valence-electron chi connectivity index (χ3n) is 3.16. The van der Waals surface area contributed by atoms with Crippen molar-refractivity contribution in [2.75, 3.05) is 7.11 Å². The number of esters is 1. The monoisotopic (exact) mass is 283 g/mol. The van der Waals surface area contributed by atoms with Crippen molar-refractivity contribution in [2.24, 2.45) is 0 Å². The Kier molecular flexibility index (Phi) is 6.21. The molecular weight excluding hydrogens is 260 g/mol. The van der Waals surface area contributed by atoms with Crippen LogP contribution in [0, 0.1) is 0 Å². The molecule has 0 aliphatic rings. The molecule has 0 aliphatic carbocycles. The van der Waals surface area contributed by atoms with E-state index in [9.17, 15) is 14.7 Å². The fourth-order valence-electron chi connectivity index (χ4n) is 1.96. The Hall–Kier alpha value is -1.85. The van der Waals surface area contributed by atoms with E-state index in [0.717, 1.165) is 25.7 Å². The Balaban J connectivity index is 3.32. The zero-order valence-corrected chi connectivity index (χ0v) is 12.4. The Morgan fingerprint density at radius 1 is 1.35 bits per heavy atom. The molecule has 0 saturated carbocycles. The van der Waals surface area contributed by atoms with Gasteiger partial charge in [0.25, 0.3) is 0 Å². The SMILES string of the molecule is CCCCn1c(O)[n+](CCCC)c(C(=O)OC)cc1=O. The van der Waals surface area contributed by atoms with Gasteiger partial charge in [0.05, 0.1) is 26.3 Å². The summed E-state index contributed by atoms with van der Waals surface area (Å²) in [6.45, 7) is 4.94. The topological polar surface area (TPSA) is 72.4 Å². The predicted molar refractivity (Wildman–Crippen MR) is 73.7 cm³/mol. The van der Waals surface area contributed by atoms with E-state index in [1.54, 1.807) is 0 Å². The largest absolute Gasteiger partial charge is 0.463 e. The van der Waals surface area contributed by atoms with E-state index < -0.39 is 5.97 Å². The number of hydrogen-bond acceptors (Lipinski definition) is 4. The van der Waals surface area contributed by atoms with Crippen LogP contribution in [-0.2, 0) is 17.8 Å². The molecule has 0 saturated heterocycles. The number of aromatic hydroxyl groups is 1. The summed E-state index contributed by atoms with van der Waals surface area (Å²) >= 11 is 0. The normalized spacial score (nSPS) is 10.6. The minimum Gasteiger partial charge on any atom is -0.463 e. The number of carbonyl (C=O) groups is 1. The van der Waals surface area contributed by atoms with Crippen molar-refractivity contribution in [3.8, 4) is 6.01 Å². The summed E-state index contributed by atoms with van der Waals surface area (Å²) in [5, 5.41) is 10.3. The second-order valence-electron chi connectivity index (χ2n) is 4.67. The number of unbranched alkanes of at least 4 members (excludes halogenated alkanes) is 2. The van der Waals surface area contributed by atoms with Gasteiger partial charge in [0, 0.05) is 0 Å². The average Bonchev–Trinajstić information content (AvgIpc) is 2.45. The van der Waals surface area contributed by atoms with Crippen LogP contribution in [0.3, 0.4) is 0 Å². The molecule has 0 unspecified atom stereocenters. The van der Waals surface area contributed by atoms with Crippen LogP contribution in [0.4, 0.5) is 0 Å². The molecule has 0 aromatic carbocycles. The zero-order chi connectivity index (χ0) is 15.1. The van der Waals surface area contributed by atoms with Gasteiger partial charge < -0.3 is 9.84 Å². The highest BCUT2D eigenvalue weighted by atomic mass is 16.5. The molecule has 6 heteroatoms. The van der Waals surface area contributed by atoms with E-state index in [2.05, 4.69) is 4.74 Å². The second kappa shape index (κ2) is 7.67. The van der Waals surface area contributed by atoms with Gasteiger partial charge in [0.1, 0.15) is 0 Å². The summed E-state index contributed by atoms with van der Waals surface area (Å²) in [6, 6.07) is 1.05. The van der Waals surface area contributed by atoms with E-state index in [-0.39, 0.29) is 17.3 Å². The van der Waals surface area contributed by atoms with Crippen LogP contribution in [0.15, 0.2) is 10.9 Å². The molecule has 0 atom stereocenters. The van der Waals surface area contributed by atoms with Crippen molar-refractivity contribution in [1.82, 2.24) is 4.57 Å². The molecule has 20 heavy (non-hydrogen) atoms. The van der Waals surface area contributed by atoms with Gasteiger partial charge in [-0.05, 0) is 12.8 Å². The molecule has 0 bridgehead atoms. The summed E-state index contributed by atoms with van der Waals surface area (Å²) < 4.78 is 7.42. The van der Waals surface area contributed by atoms with E-state index in [4.69, 9.17) is 0 Å². The molecule has 0 fully saturated rings. The maximum absolute atomic E-state index is 12.0.